The van der Waals surface area contributed by atoms with Gasteiger partial charge in [-0.1, -0.05) is 11.8 Å². The number of nitrogens with zero attached hydrogens (tertiary/aromatic N) is 4. The van der Waals surface area contributed by atoms with Crippen LogP contribution in [-0.2, 0) is 18.6 Å². The number of aromatic nitrogens is 5. The molecule has 0 aliphatic heterocycles. The van der Waals surface area contributed by atoms with Crippen LogP contribution in [0.25, 0.3) is 10.2 Å². The fourth-order valence-electron chi connectivity index (χ4n) is 2.69. The summed E-state index contributed by atoms with van der Waals surface area (Å²) in [7, 11) is 0. The van der Waals surface area contributed by atoms with Gasteiger partial charge in [0.1, 0.15) is 22.8 Å². The van der Waals surface area contributed by atoms with E-state index in [4.69, 9.17) is 5.73 Å². The van der Waals surface area contributed by atoms with Crippen LogP contribution in [-0.4, -0.2) is 25.1 Å². The van der Waals surface area contributed by atoms with Crippen LogP contribution in [0.15, 0.2) is 11.5 Å². The monoisotopic (exact) mass is 318 g/mol. The Morgan fingerprint density at radius 1 is 1.29 bits per heavy atom. The molecule has 3 N–H and O–H groups in total. The van der Waals surface area contributed by atoms with Crippen LogP contribution in [0, 0.1) is 0 Å². The van der Waals surface area contributed by atoms with Crippen molar-refractivity contribution in [1.29, 1.82) is 0 Å². The van der Waals surface area contributed by atoms with Crippen molar-refractivity contribution in [3.05, 3.63) is 22.6 Å². The molecule has 6 nitrogen and oxygen atoms in total. The summed E-state index contributed by atoms with van der Waals surface area (Å²) in [6.45, 7) is 0. The van der Waals surface area contributed by atoms with Gasteiger partial charge >= 0.3 is 0 Å². The van der Waals surface area contributed by atoms with Crippen molar-refractivity contribution < 1.29 is 0 Å². The molecule has 1 aliphatic carbocycles. The molecule has 0 saturated heterocycles. The third-order valence-corrected chi connectivity index (χ3v) is 5.68. The zero-order valence-electron chi connectivity index (χ0n) is 11.3. The predicted molar refractivity (Wildman–Crippen MR) is 84.4 cm³/mol. The number of aryl methyl sites for hydroxylation is 2. The number of thioether (sulfide) groups is 1. The number of fused-ring (bicyclic) bond motifs is 3. The van der Waals surface area contributed by atoms with Gasteiger partial charge in [0.2, 0.25) is 0 Å². The van der Waals surface area contributed by atoms with Gasteiger partial charge in [-0.3, -0.25) is 5.10 Å². The topological polar surface area (TPSA) is 93.4 Å². The molecule has 0 atom stereocenters. The Morgan fingerprint density at radius 2 is 2.19 bits per heavy atom. The summed E-state index contributed by atoms with van der Waals surface area (Å²) in [5.74, 6) is 2.00. The maximum Gasteiger partial charge on any atom is 0.183 e. The van der Waals surface area contributed by atoms with E-state index in [9.17, 15) is 0 Å². The minimum Gasteiger partial charge on any atom is -0.383 e. The van der Waals surface area contributed by atoms with Gasteiger partial charge in [-0.25, -0.2) is 15.0 Å². The Hall–Kier alpha value is -1.67. The average molecular weight is 318 g/mol. The van der Waals surface area contributed by atoms with Gasteiger partial charge in [-0.05, 0) is 31.2 Å². The second-order valence-electron chi connectivity index (χ2n) is 5.00. The molecule has 108 valence electrons. The van der Waals surface area contributed by atoms with Crippen LogP contribution in [0.2, 0.25) is 0 Å². The van der Waals surface area contributed by atoms with Crippen molar-refractivity contribution >= 4 is 39.1 Å². The number of H-pyrrole nitrogens is 1. The predicted octanol–water partition coefficient (Wildman–Crippen LogP) is 2.56. The van der Waals surface area contributed by atoms with E-state index >= 15 is 0 Å². The molecule has 0 bridgehead atoms. The third-order valence-electron chi connectivity index (χ3n) is 3.62. The molecule has 4 rings (SSSR count). The Morgan fingerprint density at radius 3 is 3.05 bits per heavy atom. The number of hydrogen-bond donors (Lipinski definition) is 2. The van der Waals surface area contributed by atoms with Crippen molar-refractivity contribution in [2.24, 2.45) is 0 Å². The summed E-state index contributed by atoms with van der Waals surface area (Å²) in [6.07, 6.45) is 6.25. The maximum absolute atomic E-state index is 6.19. The quantitative estimate of drug-likeness (QED) is 0.721. The van der Waals surface area contributed by atoms with Crippen molar-refractivity contribution in [2.75, 3.05) is 5.73 Å². The van der Waals surface area contributed by atoms with Gasteiger partial charge in [-0.2, -0.15) is 5.10 Å². The number of hydrogen-bond acceptors (Lipinski definition) is 7. The van der Waals surface area contributed by atoms with Gasteiger partial charge in [-0.15, -0.1) is 11.3 Å². The number of anilines is 1. The zero-order chi connectivity index (χ0) is 14.2. The number of thiophene rings is 1. The van der Waals surface area contributed by atoms with Gasteiger partial charge in [0.15, 0.2) is 5.16 Å². The lowest BCUT2D eigenvalue weighted by Crippen LogP contribution is -2.02. The second kappa shape index (κ2) is 5.27. The molecule has 0 saturated carbocycles. The smallest absolute Gasteiger partial charge is 0.183 e. The molecule has 0 spiro atoms. The van der Waals surface area contributed by atoms with Gasteiger partial charge in [0, 0.05) is 4.88 Å². The number of nitrogens with one attached hydrogen (secondary N) is 1. The van der Waals surface area contributed by atoms with Crippen LogP contribution in [0.5, 0.6) is 0 Å². The summed E-state index contributed by atoms with van der Waals surface area (Å²) in [5.41, 5.74) is 7.57. The summed E-state index contributed by atoms with van der Waals surface area (Å²) in [4.78, 5) is 15.7. The molecular weight excluding hydrogens is 304 g/mol. The average Bonchev–Trinajstić information content (AvgIpc) is 3.12. The van der Waals surface area contributed by atoms with E-state index in [1.165, 1.54) is 41.4 Å². The lowest BCUT2D eigenvalue weighted by Gasteiger charge is -2.10. The highest BCUT2D eigenvalue weighted by Gasteiger charge is 2.20. The van der Waals surface area contributed by atoms with Crippen molar-refractivity contribution in [2.45, 2.75) is 36.6 Å². The fraction of sp³-hybridized carbons (Fsp3) is 0.385. The molecule has 3 aromatic heterocycles. The van der Waals surface area contributed by atoms with E-state index in [-0.39, 0.29) is 0 Å². The first-order chi connectivity index (χ1) is 10.3. The van der Waals surface area contributed by atoms with E-state index < -0.39 is 0 Å². The Labute approximate surface area is 129 Å². The maximum atomic E-state index is 6.19. The molecule has 0 fully saturated rings. The van der Waals surface area contributed by atoms with Crippen LogP contribution in [0.3, 0.4) is 0 Å². The molecule has 0 radical (unpaired) electrons. The molecule has 0 unspecified atom stereocenters. The molecule has 21 heavy (non-hydrogen) atoms. The third kappa shape index (κ3) is 2.38. The zero-order valence-corrected chi connectivity index (χ0v) is 12.9. The van der Waals surface area contributed by atoms with E-state index in [1.807, 2.05) is 0 Å². The molecule has 3 heterocycles. The van der Waals surface area contributed by atoms with Crippen LogP contribution in [0.4, 0.5) is 5.82 Å². The van der Waals surface area contributed by atoms with Crippen LogP contribution < -0.4 is 5.73 Å². The highest BCUT2D eigenvalue weighted by molar-refractivity contribution is 7.98. The lowest BCUT2D eigenvalue weighted by atomic mass is 9.97. The second-order valence-corrected chi connectivity index (χ2v) is 7.04. The summed E-state index contributed by atoms with van der Waals surface area (Å²) in [6, 6.07) is 0. The molecule has 3 aromatic rings. The minimum absolute atomic E-state index is 0.618. The molecule has 0 amide bonds. The van der Waals surface area contributed by atoms with Crippen molar-refractivity contribution in [3.8, 4) is 0 Å². The van der Waals surface area contributed by atoms with E-state index in [2.05, 4.69) is 25.1 Å². The summed E-state index contributed by atoms with van der Waals surface area (Å²) >= 11 is 3.30. The molecular formula is C13H14N6S2. The number of nitrogen functional groups attached to an aromatic ring is 1. The van der Waals surface area contributed by atoms with E-state index in [0.29, 0.717) is 11.6 Å². The fourth-order valence-corrected chi connectivity index (χ4v) is 4.61. The lowest BCUT2D eigenvalue weighted by molar-refractivity contribution is 0.700. The highest BCUT2D eigenvalue weighted by atomic mass is 32.2. The molecule has 8 heteroatoms. The largest absolute Gasteiger partial charge is 0.383 e. The van der Waals surface area contributed by atoms with E-state index in [1.54, 1.807) is 11.3 Å². The van der Waals surface area contributed by atoms with Crippen molar-refractivity contribution in [1.82, 2.24) is 25.1 Å². The van der Waals surface area contributed by atoms with Crippen LogP contribution >= 0.6 is 23.1 Å². The normalized spacial score (nSPS) is 14.5. The Kier molecular flexibility index (Phi) is 3.27. The summed E-state index contributed by atoms with van der Waals surface area (Å²) < 4.78 is 0. The number of rotatable bonds is 3. The summed E-state index contributed by atoms with van der Waals surface area (Å²) in [5, 5.41) is 8.49. The van der Waals surface area contributed by atoms with Gasteiger partial charge < -0.3 is 5.73 Å². The number of nitrogens with two attached hydrogens (primary N) is 1. The van der Waals surface area contributed by atoms with Gasteiger partial charge in [0.05, 0.1) is 11.1 Å². The standard InChI is InChI=1S/C13H14N6S2/c14-11-10-7-3-1-2-4-8(7)21-12(10)18-9(17-11)5-20-13-15-6-16-19-13/h6H,1-5H2,(H2,14,17,18)(H,15,16,19). The SMILES string of the molecule is Nc1nc(CSc2ncn[nH]2)nc2sc3c(c12)CCCC3. The highest BCUT2D eigenvalue weighted by Crippen LogP contribution is 2.37. The molecule has 0 aromatic carbocycles. The van der Waals surface area contributed by atoms with E-state index in [0.717, 1.165) is 34.0 Å². The van der Waals surface area contributed by atoms with Crippen molar-refractivity contribution in [3.63, 3.8) is 0 Å². The van der Waals surface area contributed by atoms with Crippen LogP contribution in [0.1, 0.15) is 29.1 Å². The minimum atomic E-state index is 0.618. The Bertz CT molecular complexity index is 780. The Balaban J connectivity index is 1.68. The van der Waals surface area contributed by atoms with Gasteiger partial charge in [0.25, 0.3) is 0 Å². The first-order valence-electron chi connectivity index (χ1n) is 6.86. The molecule has 1 aliphatic rings. The number of aromatic amines is 1. The first kappa shape index (κ1) is 13.0. The first-order valence-corrected chi connectivity index (χ1v) is 8.66.